The summed E-state index contributed by atoms with van der Waals surface area (Å²) in [7, 11) is 0. The Morgan fingerprint density at radius 2 is 1.93 bits per heavy atom. The number of hydrogen-bond acceptors (Lipinski definition) is 5. The molecule has 148 valence electrons. The number of fused-ring (bicyclic) bond motifs is 1. The van der Waals surface area contributed by atoms with Gasteiger partial charge in [-0.15, -0.1) is 0 Å². The highest BCUT2D eigenvalue weighted by Crippen LogP contribution is 2.24. The van der Waals surface area contributed by atoms with Crippen LogP contribution in [0.25, 0.3) is 10.9 Å². The van der Waals surface area contributed by atoms with E-state index in [1.807, 2.05) is 55.5 Å². The first kappa shape index (κ1) is 20.0. The molecule has 0 aliphatic carbocycles. The first-order valence-corrected chi connectivity index (χ1v) is 9.47. The third-order valence-corrected chi connectivity index (χ3v) is 4.22. The molecule has 29 heavy (non-hydrogen) atoms. The zero-order valence-electron chi connectivity index (χ0n) is 16.2. The highest BCUT2D eigenvalue weighted by Gasteiger charge is 2.08. The van der Waals surface area contributed by atoms with Crippen molar-refractivity contribution < 1.29 is 9.53 Å². The largest absolute Gasteiger partial charge is 0.494 e. The van der Waals surface area contributed by atoms with Crippen molar-refractivity contribution in [3.05, 3.63) is 65.7 Å². The average Bonchev–Trinajstić information content (AvgIpc) is 2.75. The molecule has 3 rings (SSSR count). The summed E-state index contributed by atoms with van der Waals surface area (Å²) in [5.74, 6) is 1.24. The van der Waals surface area contributed by atoms with Gasteiger partial charge in [0.05, 0.1) is 17.7 Å². The number of aromatic nitrogens is 1. The Hall–Kier alpha value is -3.79. The lowest BCUT2D eigenvalue weighted by Crippen LogP contribution is -2.37. The Morgan fingerprint density at radius 1 is 1.10 bits per heavy atom. The zero-order valence-corrected chi connectivity index (χ0v) is 16.2. The molecule has 0 unspecified atom stereocenters. The standard InChI is InChI=1S/C22H23N5O2/c1-2-29-19-8-9-20-17(13-19)12-18(14-23)21(27-20)24-10-11-25-22(28)26-15-16-6-4-3-5-7-16/h3-9,12-13H,2,10-11,15H2,1H3,(H,24,27)(H2,25,26,28). The molecule has 1 heterocycles. The van der Waals surface area contributed by atoms with E-state index < -0.39 is 0 Å². The van der Waals surface area contributed by atoms with E-state index >= 15 is 0 Å². The van der Waals surface area contributed by atoms with E-state index in [-0.39, 0.29) is 6.03 Å². The summed E-state index contributed by atoms with van der Waals surface area (Å²) in [6.45, 7) is 3.81. The van der Waals surface area contributed by atoms with Crippen LogP contribution in [0.3, 0.4) is 0 Å². The third kappa shape index (κ3) is 5.59. The van der Waals surface area contributed by atoms with Gasteiger partial charge in [0.15, 0.2) is 0 Å². The van der Waals surface area contributed by atoms with Crippen molar-refractivity contribution in [3.8, 4) is 11.8 Å². The van der Waals surface area contributed by atoms with Crippen molar-refractivity contribution in [1.82, 2.24) is 15.6 Å². The lowest BCUT2D eigenvalue weighted by molar-refractivity contribution is 0.241. The number of amides is 2. The number of hydrogen-bond donors (Lipinski definition) is 3. The Kier molecular flexibility index (Phi) is 6.85. The highest BCUT2D eigenvalue weighted by atomic mass is 16.5. The van der Waals surface area contributed by atoms with Crippen LogP contribution in [0, 0.1) is 11.3 Å². The van der Waals surface area contributed by atoms with Crippen molar-refractivity contribution in [2.75, 3.05) is 25.0 Å². The molecule has 2 aromatic carbocycles. The summed E-state index contributed by atoms with van der Waals surface area (Å²) in [5, 5.41) is 19.0. The van der Waals surface area contributed by atoms with Gasteiger partial charge in [-0.25, -0.2) is 9.78 Å². The van der Waals surface area contributed by atoms with Crippen LogP contribution in [-0.4, -0.2) is 30.7 Å². The molecular formula is C22H23N5O2. The fourth-order valence-electron chi connectivity index (χ4n) is 2.83. The summed E-state index contributed by atoms with van der Waals surface area (Å²) in [6.07, 6.45) is 0. The number of pyridine rings is 1. The first-order valence-electron chi connectivity index (χ1n) is 9.47. The van der Waals surface area contributed by atoms with E-state index in [0.29, 0.717) is 37.6 Å². The number of anilines is 1. The molecule has 1 aromatic heterocycles. The van der Waals surface area contributed by atoms with Crippen LogP contribution in [0.1, 0.15) is 18.1 Å². The van der Waals surface area contributed by atoms with Gasteiger partial charge in [-0.2, -0.15) is 5.26 Å². The molecule has 3 aromatic rings. The molecule has 0 aliphatic rings. The smallest absolute Gasteiger partial charge is 0.315 e. The maximum Gasteiger partial charge on any atom is 0.315 e. The maximum atomic E-state index is 11.9. The molecule has 7 nitrogen and oxygen atoms in total. The van der Waals surface area contributed by atoms with Crippen LogP contribution >= 0.6 is 0 Å². The summed E-state index contributed by atoms with van der Waals surface area (Å²) < 4.78 is 5.50. The maximum absolute atomic E-state index is 11.9. The van der Waals surface area contributed by atoms with Crippen LogP contribution in [-0.2, 0) is 6.54 Å². The van der Waals surface area contributed by atoms with Crippen molar-refractivity contribution in [1.29, 1.82) is 5.26 Å². The number of nitriles is 1. The van der Waals surface area contributed by atoms with Crippen molar-refractivity contribution in [2.24, 2.45) is 0 Å². The molecule has 0 radical (unpaired) electrons. The van der Waals surface area contributed by atoms with Crippen molar-refractivity contribution >= 4 is 22.8 Å². The number of carbonyl (C=O) groups is 1. The Bertz CT molecular complexity index is 1010. The van der Waals surface area contributed by atoms with E-state index in [0.717, 1.165) is 22.2 Å². The van der Waals surface area contributed by atoms with E-state index in [1.54, 1.807) is 6.07 Å². The molecule has 0 atom stereocenters. The van der Waals surface area contributed by atoms with Gasteiger partial charge in [0.2, 0.25) is 0 Å². The van der Waals surface area contributed by atoms with Gasteiger partial charge in [-0.1, -0.05) is 30.3 Å². The number of carbonyl (C=O) groups excluding carboxylic acids is 1. The fraction of sp³-hybridized carbons (Fsp3) is 0.227. The minimum Gasteiger partial charge on any atom is -0.494 e. The highest BCUT2D eigenvalue weighted by molar-refractivity contribution is 5.84. The minimum absolute atomic E-state index is 0.244. The second kappa shape index (κ2) is 9.95. The molecule has 2 amide bonds. The molecular weight excluding hydrogens is 366 g/mol. The number of nitrogens with zero attached hydrogens (tertiary/aromatic N) is 2. The second-order valence-electron chi connectivity index (χ2n) is 6.31. The minimum atomic E-state index is -0.244. The Morgan fingerprint density at radius 3 is 2.69 bits per heavy atom. The number of ether oxygens (including phenoxy) is 1. The van der Waals surface area contributed by atoms with Gasteiger partial charge in [0.25, 0.3) is 0 Å². The van der Waals surface area contributed by atoms with Crippen molar-refractivity contribution in [3.63, 3.8) is 0 Å². The van der Waals surface area contributed by atoms with E-state index in [2.05, 4.69) is 27.0 Å². The topological polar surface area (TPSA) is 99.1 Å². The molecule has 0 saturated heterocycles. The van der Waals surface area contributed by atoms with Gasteiger partial charge < -0.3 is 20.7 Å². The van der Waals surface area contributed by atoms with Crippen LogP contribution < -0.4 is 20.7 Å². The lowest BCUT2D eigenvalue weighted by Gasteiger charge is -2.11. The summed E-state index contributed by atoms with van der Waals surface area (Å²) >= 11 is 0. The molecule has 7 heteroatoms. The number of benzene rings is 2. The van der Waals surface area contributed by atoms with Gasteiger partial charge in [0, 0.05) is 25.0 Å². The van der Waals surface area contributed by atoms with Gasteiger partial charge >= 0.3 is 6.03 Å². The summed E-state index contributed by atoms with van der Waals surface area (Å²) in [4.78, 5) is 16.4. The monoisotopic (exact) mass is 389 g/mol. The molecule has 0 bridgehead atoms. The third-order valence-electron chi connectivity index (χ3n) is 4.22. The summed E-state index contributed by atoms with van der Waals surface area (Å²) in [6, 6.07) is 19.0. The lowest BCUT2D eigenvalue weighted by atomic mass is 10.1. The SMILES string of the molecule is CCOc1ccc2nc(NCCNC(=O)NCc3ccccc3)c(C#N)cc2c1. The molecule has 0 saturated carbocycles. The van der Waals surface area contributed by atoms with Gasteiger partial charge in [-0.05, 0) is 36.8 Å². The quantitative estimate of drug-likeness (QED) is 0.513. The Balaban J connectivity index is 1.52. The molecule has 0 aliphatic heterocycles. The number of urea groups is 1. The van der Waals surface area contributed by atoms with Crippen LogP contribution in [0.15, 0.2) is 54.6 Å². The average molecular weight is 389 g/mol. The second-order valence-corrected chi connectivity index (χ2v) is 6.31. The normalized spacial score (nSPS) is 10.2. The van der Waals surface area contributed by atoms with Gasteiger partial charge in [-0.3, -0.25) is 0 Å². The van der Waals surface area contributed by atoms with Crippen molar-refractivity contribution in [2.45, 2.75) is 13.5 Å². The van der Waals surface area contributed by atoms with E-state index in [9.17, 15) is 10.1 Å². The van der Waals surface area contributed by atoms with E-state index in [1.165, 1.54) is 0 Å². The Labute approximate surface area is 169 Å². The van der Waals surface area contributed by atoms with Crippen LogP contribution in [0.4, 0.5) is 10.6 Å². The van der Waals surface area contributed by atoms with E-state index in [4.69, 9.17) is 4.74 Å². The predicted molar refractivity (Wildman–Crippen MR) is 113 cm³/mol. The molecule has 0 spiro atoms. The molecule has 0 fully saturated rings. The number of rotatable bonds is 8. The van der Waals surface area contributed by atoms with Crippen LogP contribution in [0.5, 0.6) is 5.75 Å². The fourth-order valence-corrected chi connectivity index (χ4v) is 2.83. The van der Waals surface area contributed by atoms with Gasteiger partial charge in [0.1, 0.15) is 17.6 Å². The first-order chi connectivity index (χ1) is 14.2. The summed E-state index contributed by atoms with van der Waals surface area (Å²) in [5.41, 5.74) is 2.25. The zero-order chi connectivity index (χ0) is 20.5. The van der Waals surface area contributed by atoms with Crippen LogP contribution in [0.2, 0.25) is 0 Å². The number of nitrogens with one attached hydrogen (secondary N) is 3. The predicted octanol–water partition coefficient (Wildman–Crippen LogP) is 3.42. The molecule has 3 N–H and O–H groups in total.